The molecule has 0 aliphatic rings. The Labute approximate surface area is 491 Å². The van der Waals surface area contributed by atoms with Gasteiger partial charge in [0.25, 0.3) is 47.8 Å². The van der Waals surface area contributed by atoms with Crippen LogP contribution in [0.25, 0.3) is 0 Å². The van der Waals surface area contributed by atoms with Crippen molar-refractivity contribution in [1.82, 2.24) is 0 Å². The topological polar surface area (TPSA) is 200 Å². The molecule has 0 aromatic heterocycles. The van der Waals surface area contributed by atoms with Crippen LogP contribution in [-0.2, 0) is 30.1 Å². The molecule has 0 saturated carbocycles. The fourth-order valence-corrected chi connectivity index (χ4v) is 12.8. The highest BCUT2D eigenvalue weighted by atomic mass is 79.9. The summed E-state index contributed by atoms with van der Waals surface area (Å²) < 4.78 is 144. The molecule has 9 rings (SSSR count). The largest absolute Gasteiger partial charge is 0.497 e. The van der Waals surface area contributed by atoms with E-state index < -0.39 is 70.1 Å². The average Bonchev–Trinajstić information content (AvgIpc) is 3.23. The fourth-order valence-electron chi connectivity index (χ4n) is 7.81. The van der Waals surface area contributed by atoms with Crippen molar-refractivity contribution in [3.05, 3.63) is 263 Å². The van der Waals surface area contributed by atoms with Crippen LogP contribution in [0.4, 0.5) is 30.2 Å². The van der Waals surface area contributed by atoms with Crippen molar-refractivity contribution in [2.75, 3.05) is 41.4 Å². The summed E-state index contributed by atoms with van der Waals surface area (Å²) in [5, 5.41) is 0. The van der Waals surface area contributed by atoms with E-state index in [4.69, 9.17) is 18.9 Å². The smallest absolute Gasteiger partial charge is 0.274 e. The molecule has 0 fully saturated rings. The standard InChI is InChI=1S/C21H18BrNO5S.C20H15F2NO4S.C20H16FNO4S/c1-27-18-11-9-17(10-12-18)23(21(24)15-6-4-3-5-7-15)29(25,26)20-14-16(22)8-13-19(20)28-2;1-27-17-10-8-16(9-11-17)23(20(24)14-5-3-2-4-6-14)28(25,26)19-12-7-15(21)13-18(19)22;1-26-18-12-10-17(11-13-18)22(20(23)15-6-3-2-4-7-15)27(24,25)19-9-5-8-16(21)14-19/h3-14H,1-2H3;2-13H,1H3;2-14H,1H3. The Hall–Kier alpha value is -9.29. The van der Waals surface area contributed by atoms with Crippen LogP contribution in [0.3, 0.4) is 0 Å². The third kappa shape index (κ3) is 14.5. The molecule has 84 heavy (non-hydrogen) atoms. The molecule has 0 aliphatic carbocycles. The molecule has 0 radical (unpaired) electrons. The lowest BCUT2D eigenvalue weighted by atomic mass is 10.2. The van der Waals surface area contributed by atoms with Gasteiger partial charge >= 0.3 is 0 Å². The monoisotopic (exact) mass is 1260 g/mol. The molecular weight excluding hydrogens is 1220 g/mol. The number of methoxy groups -OCH3 is 4. The molecule has 0 saturated heterocycles. The molecule has 0 aliphatic heterocycles. The third-order valence-electron chi connectivity index (χ3n) is 11.9. The van der Waals surface area contributed by atoms with E-state index in [0.717, 1.165) is 28.6 Å². The van der Waals surface area contributed by atoms with Crippen molar-refractivity contribution in [2.45, 2.75) is 14.7 Å². The van der Waals surface area contributed by atoms with E-state index in [2.05, 4.69) is 15.9 Å². The van der Waals surface area contributed by atoms with Crippen LogP contribution in [0.2, 0.25) is 0 Å². The van der Waals surface area contributed by atoms with E-state index in [1.165, 1.54) is 126 Å². The molecule has 432 valence electrons. The van der Waals surface area contributed by atoms with E-state index in [0.29, 0.717) is 36.4 Å². The van der Waals surface area contributed by atoms with Crippen molar-refractivity contribution >= 4 is 80.8 Å². The van der Waals surface area contributed by atoms with E-state index >= 15 is 0 Å². The molecule has 0 bridgehead atoms. The fraction of sp³-hybridized carbons (Fsp3) is 0.0656. The summed E-state index contributed by atoms with van der Waals surface area (Å²) in [6, 6.07) is 53.0. The predicted octanol–water partition coefficient (Wildman–Crippen LogP) is 12.4. The molecular formula is C61H49BrF3N3O13S3. The van der Waals surface area contributed by atoms with Crippen LogP contribution in [-0.4, -0.2) is 71.4 Å². The van der Waals surface area contributed by atoms with Gasteiger partial charge in [-0.25, -0.2) is 38.4 Å². The van der Waals surface area contributed by atoms with E-state index in [-0.39, 0.29) is 49.3 Å². The van der Waals surface area contributed by atoms with Gasteiger partial charge in [0.15, 0.2) is 0 Å². The van der Waals surface area contributed by atoms with Gasteiger partial charge in [0.1, 0.15) is 50.2 Å². The van der Waals surface area contributed by atoms with Gasteiger partial charge in [-0.15, -0.1) is 0 Å². The van der Waals surface area contributed by atoms with Crippen molar-refractivity contribution in [3.63, 3.8) is 0 Å². The third-order valence-corrected chi connectivity index (χ3v) is 17.6. The Morgan fingerprint density at radius 2 is 0.738 bits per heavy atom. The Kier molecular flexibility index (Phi) is 20.5. The minimum absolute atomic E-state index is 0.0154. The summed E-state index contributed by atoms with van der Waals surface area (Å²) in [6.45, 7) is 0. The van der Waals surface area contributed by atoms with Crippen LogP contribution in [0.5, 0.6) is 23.0 Å². The number of nitrogens with zero attached hydrogens (tertiary/aromatic N) is 3. The highest BCUT2D eigenvalue weighted by Crippen LogP contribution is 2.35. The van der Waals surface area contributed by atoms with Crippen molar-refractivity contribution < 1.29 is 71.8 Å². The van der Waals surface area contributed by atoms with Gasteiger partial charge in [0.05, 0.1) is 50.4 Å². The van der Waals surface area contributed by atoms with Gasteiger partial charge in [0.2, 0.25) is 0 Å². The molecule has 0 heterocycles. The Bertz CT molecular complexity index is 4120. The van der Waals surface area contributed by atoms with Crippen molar-refractivity contribution in [2.24, 2.45) is 0 Å². The van der Waals surface area contributed by atoms with Gasteiger partial charge in [0, 0.05) is 27.2 Å². The number of anilines is 3. The minimum atomic E-state index is -4.67. The number of carbonyl (C=O) groups is 3. The number of amides is 3. The van der Waals surface area contributed by atoms with E-state index in [9.17, 15) is 52.8 Å². The van der Waals surface area contributed by atoms with Gasteiger partial charge in [-0.1, -0.05) is 76.6 Å². The minimum Gasteiger partial charge on any atom is -0.497 e. The number of sulfonamides is 3. The average molecular weight is 1270 g/mol. The SMILES string of the molecule is COc1ccc(N(C(=O)c2ccccc2)S(=O)(=O)c2cc(Br)ccc2OC)cc1.COc1ccc(N(C(=O)c2ccccc2)S(=O)(=O)c2ccc(F)cc2F)cc1.COc1ccc(N(C(=O)c2ccccc2)S(=O)(=O)c2cccc(F)c2)cc1. The number of hydrogen-bond acceptors (Lipinski definition) is 13. The summed E-state index contributed by atoms with van der Waals surface area (Å²) in [7, 11) is -7.51. The summed E-state index contributed by atoms with van der Waals surface area (Å²) in [4.78, 5) is 38.1. The highest BCUT2D eigenvalue weighted by molar-refractivity contribution is 9.10. The molecule has 0 atom stereocenters. The number of rotatable bonds is 16. The van der Waals surface area contributed by atoms with E-state index in [1.54, 1.807) is 97.1 Å². The van der Waals surface area contributed by atoms with E-state index in [1.807, 2.05) is 0 Å². The van der Waals surface area contributed by atoms with Gasteiger partial charge in [-0.3, -0.25) is 14.4 Å². The maximum Gasteiger partial charge on any atom is 0.274 e. The molecule has 23 heteroatoms. The Morgan fingerprint density at radius 3 is 1.10 bits per heavy atom. The maximum atomic E-state index is 14.2. The molecule has 0 spiro atoms. The number of benzene rings is 9. The second-order valence-electron chi connectivity index (χ2n) is 17.2. The summed E-state index contributed by atoms with van der Waals surface area (Å²) in [5.74, 6) is -3.61. The first-order valence-corrected chi connectivity index (χ1v) is 29.7. The van der Waals surface area contributed by atoms with Crippen LogP contribution in [0.1, 0.15) is 31.1 Å². The first-order valence-electron chi connectivity index (χ1n) is 24.6. The van der Waals surface area contributed by atoms with Gasteiger partial charge < -0.3 is 18.9 Å². The van der Waals surface area contributed by atoms with Crippen LogP contribution in [0, 0.1) is 17.5 Å². The summed E-state index contributed by atoms with van der Waals surface area (Å²) in [6.07, 6.45) is 0. The first kappa shape index (κ1) is 62.3. The van der Waals surface area contributed by atoms with Gasteiger partial charge in [-0.05, 0) is 158 Å². The number of hydrogen-bond donors (Lipinski definition) is 0. The second-order valence-corrected chi connectivity index (χ2v) is 23.5. The quantitative estimate of drug-likeness (QED) is 0.0885. The number of halogens is 4. The Balaban J connectivity index is 0.000000181. The van der Waals surface area contributed by atoms with Crippen molar-refractivity contribution in [3.8, 4) is 23.0 Å². The van der Waals surface area contributed by atoms with Crippen LogP contribution >= 0.6 is 15.9 Å². The Morgan fingerprint density at radius 1 is 0.369 bits per heavy atom. The zero-order valence-corrected chi connectivity index (χ0v) is 48.8. The normalized spacial score (nSPS) is 11.0. The lowest BCUT2D eigenvalue weighted by Gasteiger charge is -2.24. The van der Waals surface area contributed by atoms with Crippen LogP contribution in [0.15, 0.2) is 244 Å². The zero-order chi connectivity index (χ0) is 60.8. The zero-order valence-electron chi connectivity index (χ0n) is 44.7. The lowest BCUT2D eigenvalue weighted by molar-refractivity contribution is 0.0997. The molecule has 16 nitrogen and oxygen atoms in total. The van der Waals surface area contributed by atoms with Crippen LogP contribution < -0.4 is 31.9 Å². The number of ether oxygens (including phenoxy) is 4. The summed E-state index contributed by atoms with van der Waals surface area (Å²) in [5.41, 5.74) is 0.799. The summed E-state index contributed by atoms with van der Waals surface area (Å²) >= 11 is 3.28. The molecule has 9 aromatic carbocycles. The molecule has 0 unspecified atom stereocenters. The van der Waals surface area contributed by atoms with Gasteiger partial charge in [-0.2, -0.15) is 12.9 Å². The second kappa shape index (κ2) is 27.7. The predicted molar refractivity (Wildman–Crippen MR) is 314 cm³/mol. The highest BCUT2D eigenvalue weighted by Gasteiger charge is 2.37. The molecule has 3 amide bonds. The van der Waals surface area contributed by atoms with Crippen molar-refractivity contribution in [1.29, 1.82) is 0 Å². The molecule has 9 aromatic rings. The maximum absolute atomic E-state index is 14.2. The number of carbonyl (C=O) groups excluding carboxylic acids is 3. The molecule has 0 N–H and O–H groups in total. The lowest BCUT2D eigenvalue weighted by Crippen LogP contribution is -2.37. The first-order chi connectivity index (χ1) is 40.1.